The number of H-pyrrole nitrogens is 1. The molecule has 5 heterocycles. The lowest BCUT2D eigenvalue weighted by Gasteiger charge is -2.41. The highest BCUT2D eigenvalue weighted by Gasteiger charge is 2.37. The molecule has 2 unspecified atom stereocenters. The van der Waals surface area contributed by atoms with Crippen LogP contribution < -0.4 is 0 Å². The molecular weight excluding hydrogens is 472 g/mol. The number of hydrogen-bond acceptors (Lipinski definition) is 7. The number of pyridine rings is 1. The highest BCUT2D eigenvalue weighted by atomic mass is 32.2. The summed E-state index contributed by atoms with van der Waals surface area (Å²) in [6, 6.07) is 2.06. The lowest BCUT2D eigenvalue weighted by Crippen LogP contribution is -2.49. The number of nitrogens with one attached hydrogen (secondary N) is 1. The van der Waals surface area contributed by atoms with Crippen molar-refractivity contribution in [2.45, 2.75) is 69.6 Å². The molecule has 6 rings (SSSR count). The van der Waals surface area contributed by atoms with Gasteiger partial charge in [0, 0.05) is 36.0 Å². The molecule has 36 heavy (non-hydrogen) atoms. The van der Waals surface area contributed by atoms with E-state index in [1.54, 1.807) is 0 Å². The van der Waals surface area contributed by atoms with Gasteiger partial charge in [-0.25, -0.2) is 23.4 Å². The van der Waals surface area contributed by atoms with Crippen LogP contribution in [0.1, 0.15) is 68.8 Å². The first-order chi connectivity index (χ1) is 17.6. The zero-order valence-corrected chi connectivity index (χ0v) is 22.1. The van der Waals surface area contributed by atoms with E-state index < -0.39 is 10.7 Å². The molecule has 8 nitrogen and oxygen atoms in total. The van der Waals surface area contributed by atoms with Gasteiger partial charge >= 0.3 is 0 Å². The quantitative estimate of drug-likeness (QED) is 0.487. The number of thiol groups is 1. The number of piperidine rings is 1. The zero-order valence-electron chi connectivity index (χ0n) is 21.2. The van der Waals surface area contributed by atoms with Crippen molar-refractivity contribution in [3.8, 4) is 0 Å². The number of likely N-dealkylation sites (tertiary alicyclic amines) is 2. The molecule has 3 aliphatic rings. The summed E-state index contributed by atoms with van der Waals surface area (Å²) in [5.41, 5.74) is 2.86. The minimum atomic E-state index is -2.49. The topological polar surface area (TPSA) is 95.1 Å². The zero-order chi connectivity index (χ0) is 24.6. The molecular formula is C27H38N6O2S. The van der Waals surface area contributed by atoms with Gasteiger partial charge in [-0.05, 0) is 95.8 Å². The molecule has 194 valence electrons. The van der Waals surface area contributed by atoms with Gasteiger partial charge in [0.05, 0.1) is 17.4 Å². The fourth-order valence-corrected chi connectivity index (χ4v) is 8.31. The largest absolute Gasteiger partial charge is 0.346 e. The maximum atomic E-state index is 12.6. The summed E-state index contributed by atoms with van der Waals surface area (Å²) in [7, 11) is -2.49. The van der Waals surface area contributed by atoms with Crippen molar-refractivity contribution in [2.24, 2.45) is 11.8 Å². The van der Waals surface area contributed by atoms with Gasteiger partial charge in [0.25, 0.3) is 0 Å². The number of aromatic amines is 1. The van der Waals surface area contributed by atoms with Crippen LogP contribution in [-0.4, -0.2) is 76.3 Å². The second kappa shape index (κ2) is 10.3. The third kappa shape index (κ3) is 4.77. The van der Waals surface area contributed by atoms with Gasteiger partial charge in [0.2, 0.25) is 0 Å². The molecule has 3 aromatic heterocycles. The smallest absolute Gasteiger partial charge is 0.156 e. The molecule has 0 spiro atoms. The maximum absolute atomic E-state index is 12.6. The SMILES string of the molecule is Cc1nc(C2CCC(C(N3CCCC(CN4CCCC4)C3)[SH](=O)=O)CC2)c2c(cnc3[nH]ccc32)n1. The summed E-state index contributed by atoms with van der Waals surface area (Å²) in [4.78, 5) is 22.2. The molecule has 1 N–H and O–H groups in total. The summed E-state index contributed by atoms with van der Waals surface area (Å²) in [6.07, 6.45) is 12.5. The van der Waals surface area contributed by atoms with Crippen molar-refractivity contribution < 1.29 is 8.42 Å². The van der Waals surface area contributed by atoms with Gasteiger partial charge in [0.15, 0.2) is 10.7 Å². The number of nitrogens with zero attached hydrogens (tertiary/aromatic N) is 5. The number of rotatable bonds is 6. The van der Waals surface area contributed by atoms with Crippen LogP contribution in [0.4, 0.5) is 0 Å². The minimum absolute atomic E-state index is 0.205. The molecule has 2 saturated heterocycles. The fourth-order valence-electron chi connectivity index (χ4n) is 7.19. The van der Waals surface area contributed by atoms with Crippen LogP contribution in [0, 0.1) is 18.8 Å². The van der Waals surface area contributed by atoms with Crippen LogP contribution in [0.5, 0.6) is 0 Å². The maximum Gasteiger partial charge on any atom is 0.156 e. The summed E-state index contributed by atoms with van der Waals surface area (Å²) in [6.45, 7) is 7.35. The summed E-state index contributed by atoms with van der Waals surface area (Å²) >= 11 is 0. The van der Waals surface area contributed by atoms with Gasteiger partial charge in [0.1, 0.15) is 16.8 Å². The highest BCUT2D eigenvalue weighted by molar-refractivity contribution is 7.73. The van der Waals surface area contributed by atoms with Crippen molar-refractivity contribution >= 4 is 32.6 Å². The van der Waals surface area contributed by atoms with Gasteiger partial charge in [-0.2, -0.15) is 0 Å². The molecule has 1 aliphatic carbocycles. The molecule has 3 aromatic rings. The van der Waals surface area contributed by atoms with E-state index in [9.17, 15) is 8.42 Å². The summed E-state index contributed by atoms with van der Waals surface area (Å²) in [5.74, 6) is 1.89. The lowest BCUT2D eigenvalue weighted by atomic mass is 9.78. The predicted molar refractivity (Wildman–Crippen MR) is 143 cm³/mol. The number of aromatic nitrogens is 4. The van der Waals surface area contributed by atoms with Crippen LogP contribution in [0.25, 0.3) is 21.9 Å². The van der Waals surface area contributed by atoms with Gasteiger partial charge in [-0.1, -0.05) is 0 Å². The number of fused-ring (bicyclic) bond motifs is 3. The highest BCUT2D eigenvalue weighted by Crippen LogP contribution is 2.41. The van der Waals surface area contributed by atoms with Gasteiger partial charge < -0.3 is 9.88 Å². The first-order valence-corrected chi connectivity index (χ1v) is 15.0. The Labute approximate surface area is 214 Å². The van der Waals surface area contributed by atoms with Crippen LogP contribution in [0.15, 0.2) is 18.5 Å². The summed E-state index contributed by atoms with van der Waals surface area (Å²) < 4.78 is 25.2. The van der Waals surface area contributed by atoms with Crippen molar-refractivity contribution in [1.29, 1.82) is 0 Å². The Balaban J connectivity index is 1.18. The Morgan fingerprint density at radius 2 is 1.86 bits per heavy atom. The van der Waals surface area contributed by atoms with E-state index in [1.807, 2.05) is 19.3 Å². The molecule has 3 fully saturated rings. The third-order valence-electron chi connectivity index (χ3n) is 8.82. The Bertz CT molecular complexity index is 1280. The minimum Gasteiger partial charge on any atom is -0.346 e. The Morgan fingerprint density at radius 3 is 2.64 bits per heavy atom. The molecule has 0 bridgehead atoms. The Morgan fingerprint density at radius 1 is 1.06 bits per heavy atom. The van der Waals surface area contributed by atoms with Crippen molar-refractivity contribution in [1.82, 2.24) is 29.7 Å². The van der Waals surface area contributed by atoms with E-state index in [-0.39, 0.29) is 11.3 Å². The van der Waals surface area contributed by atoms with E-state index in [4.69, 9.17) is 4.98 Å². The van der Waals surface area contributed by atoms with E-state index in [1.165, 1.54) is 32.4 Å². The van der Waals surface area contributed by atoms with E-state index in [2.05, 4.69) is 30.8 Å². The average Bonchev–Trinajstić information content (AvgIpc) is 3.56. The van der Waals surface area contributed by atoms with Crippen molar-refractivity contribution in [3.63, 3.8) is 0 Å². The van der Waals surface area contributed by atoms with Gasteiger partial charge in [-0.15, -0.1) is 0 Å². The van der Waals surface area contributed by atoms with Crippen molar-refractivity contribution in [3.05, 3.63) is 30.0 Å². The number of aryl methyl sites for hydroxylation is 1. The Hall–Kier alpha value is -2.10. The fraction of sp³-hybridized carbons (Fsp3) is 0.667. The summed E-state index contributed by atoms with van der Waals surface area (Å²) in [5, 5.41) is 1.84. The normalized spacial score (nSPS) is 27.3. The molecule has 0 amide bonds. The Kier molecular flexibility index (Phi) is 6.97. The van der Waals surface area contributed by atoms with Crippen LogP contribution in [0.3, 0.4) is 0 Å². The number of hydrogen-bond donors (Lipinski definition) is 2. The van der Waals surface area contributed by atoms with Crippen LogP contribution >= 0.6 is 0 Å². The molecule has 9 heteroatoms. The monoisotopic (exact) mass is 510 g/mol. The first-order valence-electron chi connectivity index (χ1n) is 13.8. The average molecular weight is 511 g/mol. The van der Waals surface area contributed by atoms with Crippen molar-refractivity contribution in [2.75, 3.05) is 32.7 Å². The molecule has 1 saturated carbocycles. The van der Waals surface area contributed by atoms with E-state index in [0.717, 1.165) is 85.2 Å². The standard InChI is InChI=1S/C27H38N6O2S/c1-18-30-23-15-29-26-22(10-11-28-26)24(23)25(31-18)20-6-8-21(9-7-20)27(36(34)35)33-14-4-5-19(17-33)16-32-12-2-3-13-32/h10-11,15,19-21,27,36H,2-9,12-14,16-17H2,1H3,(H,28,29). The van der Waals surface area contributed by atoms with E-state index in [0.29, 0.717) is 11.8 Å². The first kappa shape index (κ1) is 24.2. The molecule has 2 aliphatic heterocycles. The second-order valence-electron chi connectivity index (χ2n) is 11.2. The predicted octanol–water partition coefficient (Wildman–Crippen LogP) is 3.83. The van der Waals surface area contributed by atoms with Gasteiger partial charge in [-0.3, -0.25) is 4.90 Å². The van der Waals surface area contributed by atoms with Crippen LogP contribution in [-0.2, 0) is 10.7 Å². The van der Waals surface area contributed by atoms with Crippen LogP contribution in [0.2, 0.25) is 0 Å². The lowest BCUT2D eigenvalue weighted by molar-refractivity contribution is 0.0972. The second-order valence-corrected chi connectivity index (χ2v) is 12.3. The molecule has 0 radical (unpaired) electrons. The molecule has 2 atom stereocenters. The molecule has 0 aromatic carbocycles. The third-order valence-corrected chi connectivity index (χ3v) is 10.0. The van der Waals surface area contributed by atoms with E-state index >= 15 is 0 Å².